The lowest BCUT2D eigenvalue weighted by Gasteiger charge is -2.11. The van der Waals surface area contributed by atoms with E-state index in [1.54, 1.807) is 0 Å². The Kier molecular flexibility index (Phi) is 3.38. The Morgan fingerprint density at radius 2 is 1.92 bits per heavy atom. The van der Waals surface area contributed by atoms with Gasteiger partial charge in [-0.25, -0.2) is 0 Å². The molecule has 0 saturated carbocycles. The second kappa shape index (κ2) is 4.33. The van der Waals surface area contributed by atoms with Crippen LogP contribution < -0.4 is 5.32 Å². The average Bonchev–Trinajstić information content (AvgIpc) is 2.02. The van der Waals surface area contributed by atoms with Gasteiger partial charge in [0.1, 0.15) is 0 Å². The molecule has 2 heteroatoms. The van der Waals surface area contributed by atoms with Crippen LogP contribution in [0.4, 0.5) is 5.69 Å². The lowest BCUT2D eigenvalue weighted by atomic mass is 10.1. The van der Waals surface area contributed by atoms with E-state index in [2.05, 4.69) is 11.9 Å². The lowest BCUT2D eigenvalue weighted by molar-refractivity contribution is 1.27. The van der Waals surface area contributed by atoms with Gasteiger partial charge in [0, 0.05) is 17.3 Å². The summed E-state index contributed by atoms with van der Waals surface area (Å²) in [5.74, 6) is 0. The Labute approximate surface area is 84.4 Å². The smallest absolute Gasteiger partial charge is 0.0412 e. The largest absolute Gasteiger partial charge is 0.381 e. The molecule has 0 aliphatic carbocycles. The van der Waals surface area contributed by atoms with Gasteiger partial charge in [-0.1, -0.05) is 17.7 Å². The van der Waals surface area contributed by atoms with Crippen LogP contribution >= 0.6 is 11.6 Å². The molecule has 1 aromatic rings. The van der Waals surface area contributed by atoms with Crippen molar-refractivity contribution in [3.8, 4) is 0 Å². The van der Waals surface area contributed by atoms with Crippen LogP contribution in [0.3, 0.4) is 0 Å². The van der Waals surface area contributed by atoms with Crippen molar-refractivity contribution in [3.63, 3.8) is 0 Å². The molecule has 1 nitrogen and oxygen atoms in total. The third-order valence-corrected chi connectivity index (χ3v) is 2.14. The molecule has 0 atom stereocenters. The monoisotopic (exact) mass is 195 g/mol. The molecule has 0 aliphatic rings. The molecule has 0 aliphatic heterocycles. The molecular weight excluding hydrogens is 182 g/mol. The number of hydrogen-bond acceptors (Lipinski definition) is 1. The van der Waals surface area contributed by atoms with Gasteiger partial charge in [-0.15, -0.1) is 6.58 Å². The first-order chi connectivity index (χ1) is 6.15. The van der Waals surface area contributed by atoms with Gasteiger partial charge < -0.3 is 5.32 Å². The fourth-order valence-corrected chi connectivity index (χ4v) is 1.69. The van der Waals surface area contributed by atoms with Crippen LogP contribution in [-0.4, -0.2) is 6.54 Å². The molecule has 0 bridgehead atoms. The standard InChI is InChI=1S/C11H14ClN/c1-4-5-13-11-8(2)6-10(12)7-9(11)3/h4,6-7,13H,1,5H2,2-3H3. The maximum Gasteiger partial charge on any atom is 0.0412 e. The maximum absolute atomic E-state index is 5.91. The number of nitrogens with one attached hydrogen (secondary N) is 1. The Morgan fingerprint density at radius 1 is 1.38 bits per heavy atom. The van der Waals surface area contributed by atoms with Crippen molar-refractivity contribution in [3.05, 3.63) is 40.9 Å². The molecule has 0 spiro atoms. The third-order valence-electron chi connectivity index (χ3n) is 1.92. The number of aryl methyl sites for hydroxylation is 2. The zero-order chi connectivity index (χ0) is 9.84. The van der Waals surface area contributed by atoms with Crippen LogP contribution in [-0.2, 0) is 0 Å². The highest BCUT2D eigenvalue weighted by Crippen LogP contribution is 2.24. The van der Waals surface area contributed by atoms with Crippen molar-refractivity contribution in [1.82, 2.24) is 0 Å². The van der Waals surface area contributed by atoms with Crippen LogP contribution in [0.15, 0.2) is 24.8 Å². The second-order valence-electron chi connectivity index (χ2n) is 3.08. The van der Waals surface area contributed by atoms with Crippen LogP contribution in [0, 0.1) is 13.8 Å². The molecule has 0 radical (unpaired) electrons. The molecule has 0 aromatic heterocycles. The zero-order valence-corrected chi connectivity index (χ0v) is 8.78. The van der Waals surface area contributed by atoms with E-state index in [1.807, 2.05) is 32.1 Å². The molecule has 70 valence electrons. The van der Waals surface area contributed by atoms with Crippen molar-refractivity contribution < 1.29 is 0 Å². The van der Waals surface area contributed by atoms with E-state index in [0.29, 0.717) is 0 Å². The van der Waals surface area contributed by atoms with E-state index in [0.717, 1.165) is 17.3 Å². The minimum atomic E-state index is 0.781. The number of halogens is 1. The fraction of sp³-hybridized carbons (Fsp3) is 0.273. The summed E-state index contributed by atoms with van der Waals surface area (Å²) in [5, 5.41) is 4.07. The summed E-state index contributed by atoms with van der Waals surface area (Å²) in [5.41, 5.74) is 3.50. The predicted octanol–water partition coefficient (Wildman–Crippen LogP) is 3.55. The molecule has 13 heavy (non-hydrogen) atoms. The number of hydrogen-bond donors (Lipinski definition) is 1. The summed E-state index contributed by atoms with van der Waals surface area (Å²) >= 11 is 5.91. The zero-order valence-electron chi connectivity index (χ0n) is 8.02. The first-order valence-corrected chi connectivity index (χ1v) is 4.64. The minimum Gasteiger partial charge on any atom is -0.381 e. The highest BCUT2D eigenvalue weighted by atomic mass is 35.5. The quantitative estimate of drug-likeness (QED) is 0.728. The van der Waals surface area contributed by atoms with Crippen LogP contribution in [0.2, 0.25) is 5.02 Å². The number of benzene rings is 1. The molecule has 0 amide bonds. The third kappa shape index (κ3) is 2.49. The predicted molar refractivity (Wildman–Crippen MR) is 59.6 cm³/mol. The summed E-state index contributed by atoms with van der Waals surface area (Å²) in [4.78, 5) is 0. The van der Waals surface area contributed by atoms with Crippen molar-refractivity contribution >= 4 is 17.3 Å². The van der Waals surface area contributed by atoms with Crippen molar-refractivity contribution in [2.45, 2.75) is 13.8 Å². The first-order valence-electron chi connectivity index (χ1n) is 4.26. The molecule has 0 saturated heterocycles. The fourth-order valence-electron chi connectivity index (χ4n) is 1.36. The van der Waals surface area contributed by atoms with Crippen molar-refractivity contribution in [1.29, 1.82) is 0 Å². The minimum absolute atomic E-state index is 0.781. The number of rotatable bonds is 3. The highest BCUT2D eigenvalue weighted by Gasteiger charge is 2.02. The summed E-state index contributed by atoms with van der Waals surface area (Å²) in [6.45, 7) is 8.54. The van der Waals surface area contributed by atoms with E-state index in [1.165, 1.54) is 11.1 Å². The van der Waals surface area contributed by atoms with Gasteiger partial charge in [0.15, 0.2) is 0 Å². The van der Waals surface area contributed by atoms with Crippen molar-refractivity contribution in [2.75, 3.05) is 11.9 Å². The van der Waals surface area contributed by atoms with Gasteiger partial charge in [0.2, 0.25) is 0 Å². The van der Waals surface area contributed by atoms with Crippen LogP contribution in [0.1, 0.15) is 11.1 Å². The van der Waals surface area contributed by atoms with Gasteiger partial charge >= 0.3 is 0 Å². The van der Waals surface area contributed by atoms with Gasteiger partial charge in [-0.2, -0.15) is 0 Å². The van der Waals surface area contributed by atoms with Crippen molar-refractivity contribution in [2.24, 2.45) is 0 Å². The first kappa shape index (κ1) is 10.1. The molecule has 0 unspecified atom stereocenters. The Bertz CT molecular complexity index is 295. The van der Waals surface area contributed by atoms with E-state index in [-0.39, 0.29) is 0 Å². The van der Waals surface area contributed by atoms with E-state index < -0.39 is 0 Å². The summed E-state index contributed by atoms with van der Waals surface area (Å²) in [7, 11) is 0. The van der Waals surface area contributed by atoms with Gasteiger partial charge in [0.25, 0.3) is 0 Å². The molecule has 1 N–H and O–H groups in total. The second-order valence-corrected chi connectivity index (χ2v) is 3.52. The Hall–Kier alpha value is -0.950. The highest BCUT2D eigenvalue weighted by molar-refractivity contribution is 6.30. The van der Waals surface area contributed by atoms with Crippen LogP contribution in [0.5, 0.6) is 0 Å². The molecule has 1 rings (SSSR count). The van der Waals surface area contributed by atoms with Crippen LogP contribution in [0.25, 0.3) is 0 Å². The SMILES string of the molecule is C=CCNc1c(C)cc(Cl)cc1C. The lowest BCUT2D eigenvalue weighted by Crippen LogP contribution is -2.01. The van der Waals surface area contributed by atoms with Gasteiger partial charge in [-0.05, 0) is 37.1 Å². The summed E-state index contributed by atoms with van der Waals surface area (Å²) in [6, 6.07) is 3.92. The molecular formula is C11H14ClN. The summed E-state index contributed by atoms with van der Waals surface area (Å²) < 4.78 is 0. The molecule has 0 fully saturated rings. The molecule has 1 aromatic carbocycles. The van der Waals surface area contributed by atoms with E-state index in [9.17, 15) is 0 Å². The summed E-state index contributed by atoms with van der Waals surface area (Å²) in [6.07, 6.45) is 1.84. The topological polar surface area (TPSA) is 12.0 Å². The van der Waals surface area contributed by atoms with Gasteiger partial charge in [-0.3, -0.25) is 0 Å². The maximum atomic E-state index is 5.91. The Morgan fingerprint density at radius 3 is 2.38 bits per heavy atom. The molecule has 0 heterocycles. The normalized spacial score (nSPS) is 9.77. The van der Waals surface area contributed by atoms with Gasteiger partial charge in [0.05, 0.1) is 0 Å². The van der Waals surface area contributed by atoms with E-state index >= 15 is 0 Å². The average molecular weight is 196 g/mol. The number of anilines is 1. The Balaban J connectivity index is 2.98. The van der Waals surface area contributed by atoms with E-state index in [4.69, 9.17) is 11.6 Å².